The molecule has 0 bridgehead atoms. The first kappa shape index (κ1) is 39.0. The molecule has 4 rings (SSSR count). The minimum atomic E-state index is -3.04. The number of carbonyl (C=O) groups is 2. The summed E-state index contributed by atoms with van der Waals surface area (Å²) in [7, 11) is -3.04. The van der Waals surface area contributed by atoms with Gasteiger partial charge in [-0.1, -0.05) is 90.9 Å². The van der Waals surface area contributed by atoms with Crippen molar-refractivity contribution in [2.75, 3.05) is 29.9 Å². The molecule has 0 saturated carbocycles. The summed E-state index contributed by atoms with van der Waals surface area (Å²) in [5, 5.41) is 11.9. The molecule has 230 valence electrons. The molecule has 0 unspecified atom stereocenters. The Kier molecular flexibility index (Phi) is 15.8. The molecule has 2 heterocycles. The van der Waals surface area contributed by atoms with E-state index in [4.69, 9.17) is 5.10 Å². The molecule has 3 aromatic rings. The van der Waals surface area contributed by atoms with Crippen LogP contribution in [0.2, 0.25) is 0 Å². The zero-order chi connectivity index (χ0) is 31.7. The minimum absolute atomic E-state index is 0. The summed E-state index contributed by atoms with van der Waals surface area (Å²) in [6.07, 6.45) is 0.183. The van der Waals surface area contributed by atoms with Crippen molar-refractivity contribution >= 4 is 33.3 Å². The second-order valence-electron chi connectivity index (χ2n) is 10.7. The molecule has 0 aliphatic carbocycles. The summed E-state index contributed by atoms with van der Waals surface area (Å²) in [5.74, 6) is 0.323. The van der Waals surface area contributed by atoms with E-state index in [1.54, 1.807) is 9.58 Å². The Hall–Kier alpha value is -2.02. The molecule has 1 N–H and O–H groups in total. The number of rotatable bonds is 5. The third-order valence-electron chi connectivity index (χ3n) is 6.75. The zero-order valence-corrected chi connectivity index (χ0v) is 31.4. The number of carbonyl (C=O) groups excluding carboxylic acids is 2. The van der Waals surface area contributed by atoms with Gasteiger partial charge in [0.2, 0.25) is 11.9 Å². The van der Waals surface area contributed by atoms with Gasteiger partial charge in [-0.15, -0.1) is 0 Å². The normalized spacial score (nSPS) is 13.7. The molecule has 9 nitrogen and oxygen atoms in total. The van der Waals surface area contributed by atoms with Crippen molar-refractivity contribution in [3.8, 4) is 5.69 Å². The van der Waals surface area contributed by atoms with E-state index in [1.807, 2.05) is 111 Å². The molecule has 1 aliphatic heterocycles. The number of hydrogen-bond acceptors (Lipinski definition) is 5. The Morgan fingerprint density at radius 3 is 2.09 bits per heavy atom. The van der Waals surface area contributed by atoms with Crippen molar-refractivity contribution in [2.24, 2.45) is 0 Å². The summed E-state index contributed by atoms with van der Waals surface area (Å²) < 4.78 is 24.9. The van der Waals surface area contributed by atoms with Gasteiger partial charge >= 0.3 is 51.4 Å². The van der Waals surface area contributed by atoms with Crippen molar-refractivity contribution in [2.45, 2.75) is 74.1 Å². The van der Waals surface area contributed by atoms with Crippen molar-refractivity contribution < 1.29 is 69.4 Å². The number of nitrogens with zero attached hydrogens (tertiary/aromatic N) is 4. The summed E-state index contributed by atoms with van der Waals surface area (Å²) in [4.78, 5) is 27.1. The molecule has 1 aromatic heterocycles. The SMILES string of the molecule is CC.CC.Cc1cccc(NC(=O)[N-]c2cc(C(C)(C)C)nn2-c2ccc(CC(=O)N3CCS(=O)(=O)CC3)cc2)c1C.[K+]. The van der Waals surface area contributed by atoms with E-state index in [9.17, 15) is 18.0 Å². The van der Waals surface area contributed by atoms with E-state index in [1.165, 1.54) is 0 Å². The fourth-order valence-electron chi connectivity index (χ4n) is 4.14. The Morgan fingerprint density at radius 2 is 1.53 bits per heavy atom. The number of sulfone groups is 1. The van der Waals surface area contributed by atoms with Crippen LogP contribution in [-0.2, 0) is 26.5 Å². The van der Waals surface area contributed by atoms with Crippen LogP contribution in [0.5, 0.6) is 0 Å². The van der Waals surface area contributed by atoms with Gasteiger partial charge in [0, 0.05) is 30.0 Å². The van der Waals surface area contributed by atoms with Gasteiger partial charge in [0.05, 0.1) is 23.6 Å². The first-order valence-corrected chi connectivity index (χ1v) is 16.4. The number of aromatic nitrogens is 2. The molecule has 11 heteroatoms. The summed E-state index contributed by atoms with van der Waals surface area (Å²) in [6.45, 7) is 18.5. The van der Waals surface area contributed by atoms with Crippen LogP contribution >= 0.6 is 0 Å². The van der Waals surface area contributed by atoms with Gasteiger partial charge in [-0.25, -0.2) is 13.5 Å². The van der Waals surface area contributed by atoms with Crippen LogP contribution in [-0.4, -0.2) is 59.6 Å². The minimum Gasteiger partial charge on any atom is -0.380 e. The van der Waals surface area contributed by atoms with E-state index >= 15 is 0 Å². The predicted octanol–water partition coefficient (Wildman–Crippen LogP) is 3.88. The fourth-order valence-corrected chi connectivity index (χ4v) is 5.35. The monoisotopic (exact) mass is 635 g/mol. The van der Waals surface area contributed by atoms with Crippen LogP contribution in [0.1, 0.15) is 70.9 Å². The van der Waals surface area contributed by atoms with E-state index in [2.05, 4.69) is 10.6 Å². The van der Waals surface area contributed by atoms with Crippen molar-refractivity contribution in [1.82, 2.24) is 14.7 Å². The molecule has 2 aromatic carbocycles. The van der Waals surface area contributed by atoms with Gasteiger partial charge in [-0.05, 0) is 42.3 Å². The molecule has 3 amide bonds. The standard InChI is InChI=1S/C28H35N5O4S.2C2H6.K/c1-19-7-6-8-23(20(19)2)29-27(35)30-25-18-24(28(3,4)5)31-33(25)22-11-9-21(10-12-22)17-26(34)32-13-15-38(36,37)16-14-32;2*1-2;/h6-12,18H,13-17H2,1-5H3,(H2,29,30,31,35);2*1-2H3;/q;;;+1/p-1. The Morgan fingerprint density at radius 1 is 0.953 bits per heavy atom. The van der Waals surface area contributed by atoms with Crippen LogP contribution in [0.3, 0.4) is 0 Å². The molecule has 1 fully saturated rings. The van der Waals surface area contributed by atoms with Gasteiger partial charge < -0.3 is 20.2 Å². The topological polar surface area (TPSA) is 115 Å². The Balaban J connectivity index is 0.00000177. The average Bonchev–Trinajstić information content (AvgIpc) is 3.38. The Labute approximate surface area is 300 Å². The van der Waals surface area contributed by atoms with E-state index in [0.717, 1.165) is 22.4 Å². The van der Waals surface area contributed by atoms with Gasteiger partial charge in [-0.2, -0.15) is 0 Å². The largest absolute Gasteiger partial charge is 1.00 e. The average molecular weight is 636 g/mol. The van der Waals surface area contributed by atoms with Gasteiger partial charge in [0.25, 0.3) is 0 Å². The number of urea groups is 1. The first-order chi connectivity index (χ1) is 19.8. The van der Waals surface area contributed by atoms with Gasteiger partial charge in [-0.3, -0.25) is 9.59 Å². The van der Waals surface area contributed by atoms with Crippen LogP contribution < -0.4 is 56.7 Å². The number of aryl methyl sites for hydroxylation is 1. The van der Waals surface area contributed by atoms with Gasteiger partial charge in [0.15, 0.2) is 9.84 Å². The van der Waals surface area contributed by atoms with Crippen LogP contribution in [0.25, 0.3) is 11.0 Å². The number of benzene rings is 2. The van der Waals surface area contributed by atoms with Crippen molar-refractivity contribution in [1.29, 1.82) is 0 Å². The molecule has 0 radical (unpaired) electrons. The Bertz CT molecular complexity index is 1450. The van der Waals surface area contributed by atoms with Gasteiger partial charge in [0.1, 0.15) is 0 Å². The number of amides is 3. The third-order valence-corrected chi connectivity index (χ3v) is 8.36. The molecule has 1 saturated heterocycles. The number of hydrogen-bond donors (Lipinski definition) is 1. The number of anilines is 1. The second kappa shape index (κ2) is 17.5. The van der Waals surface area contributed by atoms with Crippen molar-refractivity contribution in [3.63, 3.8) is 0 Å². The maximum Gasteiger partial charge on any atom is 1.00 e. The molecule has 0 spiro atoms. The third kappa shape index (κ3) is 11.1. The molecular weight excluding hydrogens is 590 g/mol. The first-order valence-electron chi connectivity index (χ1n) is 14.6. The molecule has 0 atom stereocenters. The number of nitrogens with one attached hydrogen (secondary N) is 1. The maximum atomic E-state index is 12.9. The molecule has 1 aliphatic rings. The summed E-state index contributed by atoms with van der Waals surface area (Å²) >= 11 is 0. The maximum absolute atomic E-state index is 12.9. The summed E-state index contributed by atoms with van der Waals surface area (Å²) in [5.41, 5.74) is 4.81. The van der Waals surface area contributed by atoms with Crippen LogP contribution in [0.15, 0.2) is 48.5 Å². The summed E-state index contributed by atoms with van der Waals surface area (Å²) in [6, 6.07) is 14.4. The van der Waals surface area contributed by atoms with Crippen LogP contribution in [0.4, 0.5) is 16.3 Å². The van der Waals surface area contributed by atoms with Crippen LogP contribution in [0, 0.1) is 13.8 Å². The molecule has 43 heavy (non-hydrogen) atoms. The van der Waals surface area contributed by atoms with E-state index in [0.29, 0.717) is 17.2 Å². The fraction of sp³-hybridized carbons (Fsp3) is 0.469. The van der Waals surface area contributed by atoms with Crippen molar-refractivity contribution in [3.05, 3.63) is 76.2 Å². The predicted molar refractivity (Wildman–Crippen MR) is 172 cm³/mol. The quantitative estimate of drug-likeness (QED) is 0.428. The van der Waals surface area contributed by atoms with E-state index < -0.39 is 15.9 Å². The smallest absolute Gasteiger partial charge is 0.380 e. The molecular formula is C32H46KN5O4S. The zero-order valence-electron chi connectivity index (χ0n) is 27.5. The second-order valence-corrected chi connectivity index (χ2v) is 13.0. The van der Waals surface area contributed by atoms with E-state index in [-0.39, 0.29) is 93.7 Å².